The van der Waals surface area contributed by atoms with E-state index in [-0.39, 0.29) is 5.78 Å². The molecule has 1 saturated carbocycles. The summed E-state index contributed by atoms with van der Waals surface area (Å²) in [5.74, 6) is 0.0781. The van der Waals surface area contributed by atoms with Crippen LogP contribution in [0, 0.1) is 0 Å². The van der Waals surface area contributed by atoms with Crippen LogP contribution in [0.4, 0.5) is 0 Å². The maximum absolute atomic E-state index is 12.2. The molecule has 3 heteroatoms. The molecular weight excluding hydrogens is 220 g/mol. The van der Waals surface area contributed by atoms with E-state index in [1.165, 1.54) is 23.3 Å². The third-order valence-electron chi connectivity index (χ3n) is 3.55. The lowest BCUT2D eigenvalue weighted by Gasteiger charge is -2.17. The minimum atomic E-state index is -0.651. The van der Waals surface area contributed by atoms with Crippen LogP contribution in [0.2, 0.25) is 0 Å². The molecule has 1 atom stereocenters. The quantitative estimate of drug-likeness (QED) is 0.700. The lowest BCUT2D eigenvalue weighted by Crippen LogP contribution is -2.07. The largest absolute Gasteiger partial charge is 0.383 e. The van der Waals surface area contributed by atoms with Crippen LogP contribution in [-0.2, 0) is 0 Å². The van der Waals surface area contributed by atoms with Gasteiger partial charge in [0.05, 0.1) is 4.88 Å². The maximum atomic E-state index is 12.2. The molecule has 1 heterocycles. The van der Waals surface area contributed by atoms with E-state index in [0.29, 0.717) is 5.57 Å². The monoisotopic (exact) mass is 234 g/mol. The normalized spacial score (nSPS) is 25.1. The first kappa shape index (κ1) is 10.2. The van der Waals surface area contributed by atoms with E-state index in [1.807, 2.05) is 11.4 Å². The summed E-state index contributed by atoms with van der Waals surface area (Å²) in [4.78, 5) is 12.9. The Morgan fingerprint density at radius 2 is 2.00 bits per heavy atom. The van der Waals surface area contributed by atoms with Gasteiger partial charge in [0.15, 0.2) is 0 Å². The van der Waals surface area contributed by atoms with Gasteiger partial charge in [-0.3, -0.25) is 4.79 Å². The summed E-state index contributed by atoms with van der Waals surface area (Å²) in [6, 6.07) is 1.87. The van der Waals surface area contributed by atoms with Crippen LogP contribution in [0.3, 0.4) is 0 Å². The van der Waals surface area contributed by atoms with E-state index >= 15 is 0 Å². The van der Waals surface area contributed by atoms with Crippen LogP contribution in [0.15, 0.2) is 22.6 Å². The zero-order valence-electron chi connectivity index (χ0n) is 9.03. The Balaban J connectivity index is 2.05. The highest BCUT2D eigenvalue weighted by Crippen LogP contribution is 2.42. The molecule has 0 saturated heterocycles. The fourth-order valence-corrected chi connectivity index (χ4v) is 3.61. The molecule has 0 spiro atoms. The Labute approximate surface area is 98.6 Å². The molecule has 1 aromatic heterocycles. The molecule has 2 nitrogen and oxygen atoms in total. The van der Waals surface area contributed by atoms with Crippen molar-refractivity contribution in [2.24, 2.45) is 0 Å². The number of aliphatic hydroxyl groups is 1. The zero-order chi connectivity index (χ0) is 11.1. The summed E-state index contributed by atoms with van der Waals surface area (Å²) in [6.45, 7) is 0. The average molecular weight is 234 g/mol. The van der Waals surface area contributed by atoms with Crippen molar-refractivity contribution in [3.8, 4) is 0 Å². The third-order valence-corrected chi connectivity index (χ3v) is 4.48. The van der Waals surface area contributed by atoms with Gasteiger partial charge in [-0.05, 0) is 37.1 Å². The van der Waals surface area contributed by atoms with Crippen LogP contribution in [-0.4, -0.2) is 10.9 Å². The summed E-state index contributed by atoms with van der Waals surface area (Å²) in [6.07, 6.45) is 4.91. The van der Waals surface area contributed by atoms with E-state index in [1.54, 1.807) is 0 Å². The summed E-state index contributed by atoms with van der Waals surface area (Å²) in [5, 5.41) is 12.1. The topological polar surface area (TPSA) is 37.3 Å². The van der Waals surface area contributed by atoms with Crippen molar-refractivity contribution < 1.29 is 9.90 Å². The number of ketones is 1. The van der Waals surface area contributed by atoms with Crippen molar-refractivity contribution in [3.63, 3.8) is 0 Å². The van der Waals surface area contributed by atoms with Gasteiger partial charge in [0.2, 0.25) is 5.78 Å². The first-order valence-electron chi connectivity index (χ1n) is 5.81. The van der Waals surface area contributed by atoms with Gasteiger partial charge < -0.3 is 5.11 Å². The van der Waals surface area contributed by atoms with Gasteiger partial charge in [-0.25, -0.2) is 0 Å². The third kappa shape index (κ3) is 1.39. The Morgan fingerprint density at radius 1 is 1.25 bits per heavy atom. The molecule has 2 aliphatic rings. The molecular formula is C13H14O2S. The molecule has 0 bridgehead atoms. The molecule has 0 unspecified atom stereocenters. The van der Waals surface area contributed by atoms with Crippen molar-refractivity contribution in [1.29, 1.82) is 0 Å². The molecule has 84 valence electrons. The van der Waals surface area contributed by atoms with E-state index in [0.717, 1.165) is 36.1 Å². The number of carbonyl (C=O) groups excluding carboxylic acids is 1. The van der Waals surface area contributed by atoms with Crippen molar-refractivity contribution in [2.75, 3.05) is 0 Å². The second-order valence-electron chi connectivity index (χ2n) is 4.51. The van der Waals surface area contributed by atoms with Crippen LogP contribution in [0.5, 0.6) is 0 Å². The summed E-state index contributed by atoms with van der Waals surface area (Å²) < 4.78 is 0. The molecule has 1 fully saturated rings. The predicted molar refractivity (Wildman–Crippen MR) is 63.7 cm³/mol. The van der Waals surface area contributed by atoms with Crippen LogP contribution in [0.25, 0.3) is 0 Å². The van der Waals surface area contributed by atoms with Gasteiger partial charge in [-0.2, -0.15) is 0 Å². The highest BCUT2D eigenvalue weighted by Gasteiger charge is 2.36. The molecule has 0 amide bonds. The van der Waals surface area contributed by atoms with Crippen molar-refractivity contribution in [3.05, 3.63) is 33.0 Å². The number of allylic oxidation sites excluding steroid dienone is 1. The summed E-state index contributed by atoms with van der Waals surface area (Å²) >= 11 is 1.45. The molecule has 2 aliphatic carbocycles. The Morgan fingerprint density at radius 3 is 2.69 bits per heavy atom. The lowest BCUT2D eigenvalue weighted by molar-refractivity contribution is 0.101. The van der Waals surface area contributed by atoms with E-state index in [4.69, 9.17) is 0 Å². The average Bonchev–Trinajstić information content (AvgIpc) is 2.86. The molecule has 3 rings (SSSR count). The SMILES string of the molecule is O=C1C(=C2CCCCC2)[C@H](O)c2ccsc21. The number of Topliss-reactive ketones (excluding diaryl/α,β-unsaturated/α-hetero) is 1. The minimum Gasteiger partial charge on any atom is -0.383 e. The number of hydrogen-bond donors (Lipinski definition) is 1. The van der Waals surface area contributed by atoms with E-state index in [9.17, 15) is 9.90 Å². The van der Waals surface area contributed by atoms with Crippen LogP contribution >= 0.6 is 11.3 Å². The minimum absolute atomic E-state index is 0.0781. The number of hydrogen-bond acceptors (Lipinski definition) is 3. The second kappa shape index (κ2) is 3.82. The van der Waals surface area contributed by atoms with Crippen molar-refractivity contribution in [1.82, 2.24) is 0 Å². The Bertz CT molecular complexity index is 462. The van der Waals surface area contributed by atoms with E-state index in [2.05, 4.69) is 0 Å². The highest BCUT2D eigenvalue weighted by atomic mass is 32.1. The van der Waals surface area contributed by atoms with Crippen LogP contribution < -0.4 is 0 Å². The number of thiophene rings is 1. The summed E-state index contributed by atoms with van der Waals surface area (Å²) in [5.41, 5.74) is 2.72. The van der Waals surface area contributed by atoms with Crippen LogP contribution in [0.1, 0.15) is 53.4 Å². The second-order valence-corrected chi connectivity index (χ2v) is 5.43. The lowest BCUT2D eigenvalue weighted by atomic mass is 9.89. The molecule has 1 N–H and O–H groups in total. The number of rotatable bonds is 0. The number of aliphatic hydroxyl groups excluding tert-OH is 1. The fourth-order valence-electron chi connectivity index (χ4n) is 2.72. The van der Waals surface area contributed by atoms with Gasteiger partial charge in [0, 0.05) is 11.1 Å². The van der Waals surface area contributed by atoms with Gasteiger partial charge in [-0.15, -0.1) is 11.3 Å². The Hall–Kier alpha value is -0.930. The fraction of sp³-hybridized carbons (Fsp3) is 0.462. The van der Waals surface area contributed by atoms with Crippen molar-refractivity contribution >= 4 is 17.1 Å². The first-order chi connectivity index (χ1) is 7.79. The van der Waals surface area contributed by atoms with Gasteiger partial charge >= 0.3 is 0 Å². The molecule has 0 radical (unpaired) electrons. The number of carbonyl (C=O) groups is 1. The van der Waals surface area contributed by atoms with Crippen molar-refractivity contribution in [2.45, 2.75) is 38.2 Å². The van der Waals surface area contributed by atoms with E-state index < -0.39 is 6.10 Å². The highest BCUT2D eigenvalue weighted by molar-refractivity contribution is 7.12. The molecule has 1 aromatic rings. The van der Waals surface area contributed by atoms with Gasteiger partial charge in [0.1, 0.15) is 6.10 Å². The van der Waals surface area contributed by atoms with Gasteiger partial charge in [0.25, 0.3) is 0 Å². The smallest absolute Gasteiger partial charge is 0.202 e. The molecule has 0 aromatic carbocycles. The standard InChI is InChI=1S/C13H14O2S/c14-11-9-6-7-16-13(9)12(15)10(11)8-4-2-1-3-5-8/h6-7,11,14H,1-5H2/t11-/m1/s1. The molecule has 0 aliphatic heterocycles. The molecule has 16 heavy (non-hydrogen) atoms. The first-order valence-corrected chi connectivity index (χ1v) is 6.69. The Kier molecular flexibility index (Phi) is 2.45. The zero-order valence-corrected chi connectivity index (χ0v) is 9.85. The van der Waals surface area contributed by atoms with Gasteiger partial charge in [-0.1, -0.05) is 12.0 Å². The predicted octanol–water partition coefficient (Wildman–Crippen LogP) is 3.24. The summed E-state index contributed by atoms with van der Waals surface area (Å²) in [7, 11) is 0. The number of fused-ring (bicyclic) bond motifs is 1. The maximum Gasteiger partial charge on any atom is 0.202 e.